The van der Waals surface area contributed by atoms with Gasteiger partial charge >= 0.3 is 0 Å². The number of hydrogen-bond acceptors (Lipinski definition) is 2. The van der Waals surface area contributed by atoms with E-state index in [9.17, 15) is 4.79 Å². The molecule has 1 aromatic carbocycles. The third kappa shape index (κ3) is 2.96. The second-order valence-electron chi connectivity index (χ2n) is 2.03. The molecule has 1 aromatic rings. The van der Waals surface area contributed by atoms with Crippen LogP contribution in [0.3, 0.4) is 0 Å². The van der Waals surface area contributed by atoms with Crippen molar-refractivity contribution < 1.29 is 12.3 Å². The van der Waals surface area contributed by atoms with Gasteiger partial charge in [-0.1, -0.05) is 30.3 Å². The summed E-state index contributed by atoms with van der Waals surface area (Å²) in [5, 5.41) is 0. The SMILES string of the molecule is [2H]C(=O)C([2H])OCc1ccccc1. The van der Waals surface area contributed by atoms with Gasteiger partial charge in [-0.15, -0.1) is 0 Å². The zero-order chi connectivity index (χ0) is 9.68. The average molecular weight is 152 g/mol. The summed E-state index contributed by atoms with van der Waals surface area (Å²) in [5.74, 6) is 0. The van der Waals surface area contributed by atoms with Crippen LogP contribution in [0, 0.1) is 0 Å². The molecule has 2 nitrogen and oxygen atoms in total. The van der Waals surface area contributed by atoms with Gasteiger partial charge in [-0.3, -0.25) is 0 Å². The van der Waals surface area contributed by atoms with E-state index in [1.807, 2.05) is 30.3 Å². The zero-order valence-corrected chi connectivity index (χ0v) is 5.99. The summed E-state index contributed by atoms with van der Waals surface area (Å²) in [7, 11) is 0. The molecule has 0 aromatic heterocycles. The van der Waals surface area contributed by atoms with Crippen molar-refractivity contribution in [1.82, 2.24) is 0 Å². The molecule has 0 saturated heterocycles. The predicted molar refractivity (Wildman–Crippen MR) is 42.2 cm³/mol. The van der Waals surface area contributed by atoms with E-state index in [0.29, 0.717) is 0 Å². The van der Waals surface area contributed by atoms with Gasteiger partial charge in [0.25, 0.3) is 0 Å². The van der Waals surface area contributed by atoms with Gasteiger partial charge in [0.1, 0.15) is 14.2 Å². The van der Waals surface area contributed by atoms with Crippen molar-refractivity contribution in [2.75, 3.05) is 6.58 Å². The first-order valence-electron chi connectivity index (χ1n) is 4.36. The summed E-state index contributed by atoms with van der Waals surface area (Å²) in [6.45, 7) is -1.19. The topological polar surface area (TPSA) is 26.3 Å². The first-order valence-corrected chi connectivity index (χ1v) is 3.28. The molecule has 1 unspecified atom stereocenters. The Bertz CT molecular complexity index is 274. The molecule has 0 saturated carbocycles. The molecule has 0 fully saturated rings. The Morgan fingerprint density at radius 3 is 2.91 bits per heavy atom. The highest BCUT2D eigenvalue weighted by Gasteiger charge is 1.88. The van der Waals surface area contributed by atoms with E-state index in [4.69, 9.17) is 7.48 Å². The molecule has 0 radical (unpaired) electrons. The highest BCUT2D eigenvalue weighted by atomic mass is 16.5. The molecule has 2 heteroatoms. The Balaban J connectivity index is 2.39. The van der Waals surface area contributed by atoms with Gasteiger partial charge in [0, 0.05) is 0 Å². The van der Waals surface area contributed by atoms with Gasteiger partial charge in [-0.25, -0.2) is 0 Å². The van der Waals surface area contributed by atoms with Crippen molar-refractivity contribution in [1.29, 1.82) is 0 Å². The average Bonchev–Trinajstić information content (AvgIpc) is 2.15. The fourth-order valence-corrected chi connectivity index (χ4v) is 0.746. The van der Waals surface area contributed by atoms with Crippen molar-refractivity contribution >= 4 is 6.26 Å². The monoisotopic (exact) mass is 152 g/mol. The molecule has 0 bridgehead atoms. The third-order valence-electron chi connectivity index (χ3n) is 1.22. The Kier molecular flexibility index (Phi) is 2.31. The van der Waals surface area contributed by atoms with Gasteiger partial charge < -0.3 is 9.53 Å². The summed E-state index contributed by atoms with van der Waals surface area (Å²) in [4.78, 5) is 10.3. The predicted octanol–water partition coefficient (Wildman–Crippen LogP) is 1.40. The Hall–Kier alpha value is -1.15. The minimum atomic E-state index is -1.39. The van der Waals surface area contributed by atoms with Crippen LogP contribution in [-0.2, 0) is 16.1 Å². The molecule has 1 atom stereocenters. The molecule has 0 spiro atoms. The molecule has 0 heterocycles. The number of rotatable bonds is 4. The lowest BCUT2D eigenvalue weighted by molar-refractivity contribution is -0.112. The van der Waals surface area contributed by atoms with Crippen LogP contribution in [-0.4, -0.2) is 12.8 Å². The van der Waals surface area contributed by atoms with E-state index in [-0.39, 0.29) is 6.61 Å². The maximum Gasteiger partial charge on any atom is 0.145 e. The summed E-state index contributed by atoms with van der Waals surface area (Å²) >= 11 is 0. The summed E-state index contributed by atoms with van der Waals surface area (Å²) in [6, 6.07) is 9.24. The molecular weight excluding hydrogens is 140 g/mol. The molecule has 11 heavy (non-hydrogen) atoms. The number of benzene rings is 1. The van der Waals surface area contributed by atoms with E-state index in [1.54, 1.807) is 0 Å². The van der Waals surface area contributed by atoms with Crippen molar-refractivity contribution in [3.63, 3.8) is 0 Å². The number of carbonyl (C=O) groups excluding carboxylic acids is 1. The van der Waals surface area contributed by atoms with Crippen LogP contribution in [0.5, 0.6) is 0 Å². The standard InChI is InChI=1S/C9H10O2/c10-6-7-11-8-9-4-2-1-3-5-9/h1-6H,7-8H2/i6D,7D. The minimum absolute atomic E-state index is 0.194. The van der Waals surface area contributed by atoms with Crippen LogP contribution in [0.2, 0.25) is 0 Å². The fraction of sp³-hybridized carbons (Fsp3) is 0.222. The molecular formula is C9H10O2. The fourth-order valence-electron chi connectivity index (χ4n) is 0.746. The number of ether oxygens (including phenoxy) is 1. The normalized spacial score (nSPS) is 14.9. The smallest absolute Gasteiger partial charge is 0.145 e. The van der Waals surface area contributed by atoms with E-state index >= 15 is 0 Å². The summed E-state index contributed by atoms with van der Waals surface area (Å²) in [6.07, 6.45) is -1.02. The van der Waals surface area contributed by atoms with Crippen LogP contribution in [0.15, 0.2) is 30.3 Å². The molecule has 0 aliphatic rings. The van der Waals surface area contributed by atoms with E-state index in [0.717, 1.165) is 5.56 Å². The first-order chi connectivity index (χ1) is 6.20. The van der Waals surface area contributed by atoms with Crippen molar-refractivity contribution in [2.45, 2.75) is 6.61 Å². The van der Waals surface area contributed by atoms with E-state index in [2.05, 4.69) is 0 Å². The van der Waals surface area contributed by atoms with Gasteiger partial charge in [0.15, 0.2) is 0 Å². The maximum atomic E-state index is 10.3. The second-order valence-corrected chi connectivity index (χ2v) is 2.03. The molecule has 0 aliphatic carbocycles. The van der Waals surface area contributed by atoms with Crippen LogP contribution < -0.4 is 0 Å². The highest BCUT2D eigenvalue weighted by molar-refractivity contribution is 5.50. The number of hydrogen-bond donors (Lipinski definition) is 0. The first kappa shape index (κ1) is 5.49. The van der Waals surface area contributed by atoms with Crippen molar-refractivity contribution in [3.05, 3.63) is 35.9 Å². The molecule has 1 rings (SSSR count). The molecule has 58 valence electrons. The Morgan fingerprint density at radius 1 is 1.55 bits per heavy atom. The lowest BCUT2D eigenvalue weighted by atomic mass is 10.2. The highest BCUT2D eigenvalue weighted by Crippen LogP contribution is 1.99. The quantitative estimate of drug-likeness (QED) is 0.609. The van der Waals surface area contributed by atoms with Crippen molar-refractivity contribution in [3.8, 4) is 0 Å². The Labute approximate surface area is 68.6 Å². The van der Waals surface area contributed by atoms with E-state index in [1.165, 1.54) is 0 Å². The maximum absolute atomic E-state index is 10.3. The zero-order valence-electron chi connectivity index (χ0n) is 7.99. The van der Waals surface area contributed by atoms with E-state index < -0.39 is 12.8 Å². The van der Waals surface area contributed by atoms with Crippen LogP contribution >= 0.6 is 0 Å². The van der Waals surface area contributed by atoms with Gasteiger partial charge in [0.05, 0.1) is 7.98 Å². The number of aldehydes is 1. The largest absolute Gasteiger partial charge is 0.369 e. The Morgan fingerprint density at radius 2 is 2.27 bits per heavy atom. The lowest BCUT2D eigenvalue weighted by Crippen LogP contribution is -1.95. The van der Waals surface area contributed by atoms with Crippen molar-refractivity contribution in [2.24, 2.45) is 0 Å². The minimum Gasteiger partial charge on any atom is -0.369 e. The summed E-state index contributed by atoms with van der Waals surface area (Å²) in [5.41, 5.74) is 0.890. The summed E-state index contributed by atoms with van der Waals surface area (Å²) < 4.78 is 18.4. The molecule has 0 amide bonds. The molecule has 0 aliphatic heterocycles. The third-order valence-corrected chi connectivity index (χ3v) is 1.22. The van der Waals surface area contributed by atoms with Gasteiger partial charge in [0.2, 0.25) is 0 Å². The van der Waals surface area contributed by atoms with Crippen LogP contribution in [0.25, 0.3) is 0 Å². The van der Waals surface area contributed by atoms with Gasteiger partial charge in [-0.05, 0) is 5.56 Å². The van der Waals surface area contributed by atoms with Crippen LogP contribution in [0.4, 0.5) is 0 Å². The molecule has 0 N–H and O–H groups in total. The van der Waals surface area contributed by atoms with Crippen LogP contribution in [0.1, 0.15) is 8.30 Å². The second kappa shape index (κ2) is 4.63. The number of carbonyl (C=O) groups is 1. The van der Waals surface area contributed by atoms with Gasteiger partial charge in [-0.2, -0.15) is 0 Å². The lowest BCUT2D eigenvalue weighted by Gasteiger charge is -1.98.